The summed E-state index contributed by atoms with van der Waals surface area (Å²) in [6, 6.07) is 10.6. The second-order valence-electron chi connectivity index (χ2n) is 20.1. The highest BCUT2D eigenvalue weighted by molar-refractivity contribution is 6.74. The fourth-order valence-electron chi connectivity index (χ4n) is 9.17. The van der Waals surface area contributed by atoms with Crippen molar-refractivity contribution < 1.29 is 14.0 Å². The van der Waals surface area contributed by atoms with Gasteiger partial charge < -0.3 is 14.0 Å². The highest BCUT2D eigenvalue weighted by Gasteiger charge is 2.52. The van der Waals surface area contributed by atoms with Crippen molar-refractivity contribution in [2.24, 2.45) is 23.2 Å². The summed E-state index contributed by atoms with van der Waals surface area (Å²) in [5.74, 6) is 1.70. The van der Waals surface area contributed by atoms with Crippen LogP contribution in [0.1, 0.15) is 119 Å². The summed E-state index contributed by atoms with van der Waals surface area (Å²) in [5.41, 5.74) is 5.62. The van der Waals surface area contributed by atoms with Crippen LogP contribution in [0.4, 0.5) is 0 Å². The van der Waals surface area contributed by atoms with Crippen LogP contribution < -0.4 is 0 Å². The van der Waals surface area contributed by atoms with Gasteiger partial charge in [-0.2, -0.15) is 0 Å². The van der Waals surface area contributed by atoms with Gasteiger partial charge in [0.1, 0.15) is 0 Å². The number of aliphatic hydroxyl groups is 1. The maximum atomic E-state index is 11.4. The van der Waals surface area contributed by atoms with Gasteiger partial charge in [0.05, 0.1) is 18.3 Å². The zero-order valence-corrected chi connectivity index (χ0v) is 36.0. The predicted molar refractivity (Wildman–Crippen MR) is 219 cm³/mol. The van der Waals surface area contributed by atoms with Crippen LogP contribution in [0.2, 0.25) is 36.3 Å². The number of allylic oxidation sites excluding steroid dienone is 4. The van der Waals surface area contributed by atoms with Gasteiger partial charge in [0, 0.05) is 11.8 Å². The molecule has 0 heterocycles. The van der Waals surface area contributed by atoms with Gasteiger partial charge in [0.25, 0.3) is 0 Å². The van der Waals surface area contributed by atoms with Gasteiger partial charge in [0.2, 0.25) is 0 Å². The molecular formula is C45H72O3Si2. The van der Waals surface area contributed by atoms with Gasteiger partial charge >= 0.3 is 0 Å². The first-order valence-electron chi connectivity index (χ1n) is 20.0. The third-order valence-electron chi connectivity index (χ3n) is 14.7. The molecule has 5 heteroatoms. The first kappa shape index (κ1) is 39.7. The first-order chi connectivity index (χ1) is 23.1. The largest absolute Gasteiger partial charge is 0.413 e. The molecule has 4 saturated carbocycles. The molecule has 5 rings (SSSR count). The van der Waals surface area contributed by atoms with Gasteiger partial charge in [-0.15, -0.1) is 0 Å². The average Bonchev–Trinajstić information content (AvgIpc) is 3.75. The van der Waals surface area contributed by atoms with Crippen LogP contribution in [0, 0.1) is 23.2 Å². The van der Waals surface area contributed by atoms with E-state index in [1.54, 1.807) is 5.57 Å². The Morgan fingerprint density at radius 1 is 0.880 bits per heavy atom. The molecule has 278 valence electrons. The number of hydrogen-bond acceptors (Lipinski definition) is 3. The number of aliphatic hydroxyl groups excluding tert-OH is 1. The van der Waals surface area contributed by atoms with E-state index in [1.165, 1.54) is 48.8 Å². The predicted octanol–water partition coefficient (Wildman–Crippen LogP) is 12.5. The lowest BCUT2D eigenvalue weighted by Gasteiger charge is -2.45. The minimum atomic E-state index is -2.00. The maximum Gasteiger partial charge on any atom is 0.192 e. The Bertz CT molecular complexity index is 1450. The van der Waals surface area contributed by atoms with E-state index in [9.17, 15) is 5.11 Å². The van der Waals surface area contributed by atoms with E-state index in [-0.39, 0.29) is 27.7 Å². The van der Waals surface area contributed by atoms with Crippen LogP contribution in [-0.4, -0.2) is 40.1 Å². The molecule has 0 unspecified atom stereocenters. The molecular weight excluding hydrogens is 645 g/mol. The van der Waals surface area contributed by atoms with Crippen molar-refractivity contribution in [1.29, 1.82) is 0 Å². The summed E-state index contributed by atoms with van der Waals surface area (Å²) in [6.45, 7) is 33.2. The summed E-state index contributed by atoms with van der Waals surface area (Å²) in [5, 5.41) is 11.7. The molecule has 0 aliphatic heterocycles. The molecule has 0 spiro atoms. The molecule has 50 heavy (non-hydrogen) atoms. The maximum absolute atomic E-state index is 11.4. The van der Waals surface area contributed by atoms with Crippen LogP contribution in [0.3, 0.4) is 0 Å². The summed E-state index contributed by atoms with van der Waals surface area (Å²) < 4.78 is 14.2. The lowest BCUT2D eigenvalue weighted by Crippen LogP contribution is -2.49. The van der Waals surface area contributed by atoms with E-state index >= 15 is 0 Å². The minimum Gasteiger partial charge on any atom is -0.413 e. The molecule has 0 bridgehead atoms. The fraction of sp³-hybridized carbons (Fsp3) is 0.689. The zero-order valence-electron chi connectivity index (χ0n) is 34.0. The Labute approximate surface area is 309 Å². The van der Waals surface area contributed by atoms with E-state index < -0.39 is 22.7 Å². The zero-order chi connectivity index (χ0) is 36.9. The van der Waals surface area contributed by atoms with Crippen LogP contribution in [0.15, 0.2) is 77.9 Å². The molecule has 1 aromatic rings. The molecule has 4 fully saturated rings. The van der Waals surface area contributed by atoms with E-state index in [1.807, 2.05) is 0 Å². The lowest BCUT2D eigenvalue weighted by atomic mass is 9.61. The molecule has 1 aromatic carbocycles. The molecule has 0 aromatic heterocycles. The third-order valence-corrected chi connectivity index (χ3v) is 23.7. The van der Waals surface area contributed by atoms with Gasteiger partial charge in [-0.1, -0.05) is 122 Å². The normalized spacial score (nSPS) is 32.1. The SMILES string of the molecule is C=C1/C(=C\C=C2/CCC[C@]3(C)[C@@H]([C@H](C)/C=C/[C@H](O)C4(c5ccccc5)CC4)CC[C@@H]23)C[C@@H](O[Si](C)(C)C(C)(C)C)C[C@@H]1O[Si](C)(C)C(C)(C)C. The van der Waals surface area contributed by atoms with Crippen molar-refractivity contribution in [2.75, 3.05) is 0 Å². The van der Waals surface area contributed by atoms with Crippen LogP contribution in [0.25, 0.3) is 0 Å². The second kappa shape index (κ2) is 14.4. The molecule has 0 saturated heterocycles. The number of rotatable bonds is 10. The molecule has 7 atom stereocenters. The molecule has 4 aliphatic rings. The Hall–Kier alpha value is -1.51. The molecule has 4 aliphatic carbocycles. The van der Waals surface area contributed by atoms with Gasteiger partial charge in [-0.3, -0.25) is 0 Å². The summed E-state index contributed by atoms with van der Waals surface area (Å²) in [6.07, 6.45) is 19.4. The molecule has 1 N–H and O–H groups in total. The van der Waals surface area contributed by atoms with Crippen molar-refractivity contribution in [2.45, 2.75) is 173 Å². The van der Waals surface area contributed by atoms with E-state index in [2.05, 4.69) is 136 Å². The van der Waals surface area contributed by atoms with E-state index in [4.69, 9.17) is 15.4 Å². The average molecular weight is 717 g/mol. The Morgan fingerprint density at radius 2 is 1.50 bits per heavy atom. The monoisotopic (exact) mass is 717 g/mol. The van der Waals surface area contributed by atoms with Crippen molar-refractivity contribution in [3.05, 3.63) is 83.5 Å². The number of fused-ring (bicyclic) bond motifs is 1. The number of benzene rings is 1. The smallest absolute Gasteiger partial charge is 0.192 e. The fourth-order valence-corrected chi connectivity index (χ4v) is 11.8. The standard InChI is InChI=1S/C45H72O3Si2/c1-32(21-26-41(46)45(28-29-45)36-19-15-14-16-20-36)38-24-25-39-34(18-17-27-44(38,39)9)22-23-35-30-37(47-49(10,11)42(3,4)5)31-40(33(35)2)48-50(12,13)43(6,7)8/h14-16,19-23,26,32,37-41,46H,2,17-18,24-25,27-31H2,1,3-13H3/b26-21+,34-22+,35-23-/t32-,37-,38-,39+,40+,41+,44-/m1/s1. The number of hydrogen-bond donors (Lipinski definition) is 1. The molecule has 0 radical (unpaired) electrons. The first-order valence-corrected chi connectivity index (χ1v) is 25.8. The lowest BCUT2D eigenvalue weighted by molar-refractivity contribution is 0.0969. The quantitative estimate of drug-likeness (QED) is 0.193. The highest BCUT2D eigenvalue weighted by Crippen LogP contribution is 2.60. The van der Waals surface area contributed by atoms with Gasteiger partial charge in [-0.25, -0.2) is 0 Å². The van der Waals surface area contributed by atoms with Crippen molar-refractivity contribution in [1.82, 2.24) is 0 Å². The Balaban J connectivity index is 1.35. The van der Waals surface area contributed by atoms with Crippen molar-refractivity contribution in [3.8, 4) is 0 Å². The van der Waals surface area contributed by atoms with Gasteiger partial charge in [-0.05, 0) is 128 Å². The Morgan fingerprint density at radius 3 is 2.10 bits per heavy atom. The minimum absolute atomic E-state index is 0.0104. The second-order valence-corrected chi connectivity index (χ2v) is 29.6. The van der Waals surface area contributed by atoms with Crippen LogP contribution >= 0.6 is 0 Å². The van der Waals surface area contributed by atoms with E-state index in [0.717, 1.165) is 25.7 Å². The Kier molecular flexibility index (Phi) is 11.4. The van der Waals surface area contributed by atoms with Crippen LogP contribution in [-0.2, 0) is 14.3 Å². The third kappa shape index (κ3) is 8.03. The molecule has 3 nitrogen and oxygen atoms in total. The summed E-state index contributed by atoms with van der Waals surface area (Å²) in [7, 11) is -3.94. The van der Waals surface area contributed by atoms with Crippen LogP contribution in [0.5, 0.6) is 0 Å². The summed E-state index contributed by atoms with van der Waals surface area (Å²) >= 11 is 0. The molecule has 0 amide bonds. The topological polar surface area (TPSA) is 38.7 Å². The summed E-state index contributed by atoms with van der Waals surface area (Å²) in [4.78, 5) is 0. The van der Waals surface area contributed by atoms with E-state index in [0.29, 0.717) is 23.2 Å². The van der Waals surface area contributed by atoms with Crippen molar-refractivity contribution in [3.63, 3.8) is 0 Å². The van der Waals surface area contributed by atoms with Gasteiger partial charge in [0.15, 0.2) is 16.6 Å². The van der Waals surface area contributed by atoms with Crippen molar-refractivity contribution >= 4 is 16.6 Å². The highest BCUT2D eigenvalue weighted by atomic mass is 28.4.